The van der Waals surface area contributed by atoms with Crippen molar-refractivity contribution in [2.45, 2.75) is 37.7 Å². The number of nitrogen functional groups attached to an aromatic ring is 1. The predicted molar refractivity (Wildman–Crippen MR) is 53.7 cm³/mol. The summed E-state index contributed by atoms with van der Waals surface area (Å²) in [5, 5.41) is 9.52. The van der Waals surface area contributed by atoms with Crippen molar-refractivity contribution >= 4 is 5.82 Å². The molecule has 2 rings (SSSR count). The molecule has 0 spiro atoms. The second kappa shape index (κ2) is 3.92. The summed E-state index contributed by atoms with van der Waals surface area (Å²) in [6, 6.07) is 1.68. The van der Waals surface area contributed by atoms with Crippen LogP contribution in [0.3, 0.4) is 0 Å². The van der Waals surface area contributed by atoms with Crippen LogP contribution < -0.4 is 5.73 Å². The Labute approximate surface area is 83.2 Å². The van der Waals surface area contributed by atoms with Gasteiger partial charge in [0.2, 0.25) is 0 Å². The van der Waals surface area contributed by atoms with Crippen molar-refractivity contribution in [3.63, 3.8) is 0 Å². The van der Waals surface area contributed by atoms with Gasteiger partial charge >= 0.3 is 0 Å². The van der Waals surface area contributed by atoms with Gasteiger partial charge in [0.1, 0.15) is 11.6 Å². The average molecular weight is 193 g/mol. The Morgan fingerprint density at radius 1 is 1.43 bits per heavy atom. The summed E-state index contributed by atoms with van der Waals surface area (Å²) in [6.45, 7) is 0. The second-order valence-electron chi connectivity index (χ2n) is 3.86. The minimum Gasteiger partial charge on any atom is -0.393 e. The van der Waals surface area contributed by atoms with E-state index in [9.17, 15) is 5.11 Å². The molecule has 1 aromatic rings. The molecule has 1 heterocycles. The number of hydrogen-bond acceptors (Lipinski definition) is 4. The Morgan fingerprint density at radius 3 is 3.00 bits per heavy atom. The quantitative estimate of drug-likeness (QED) is 0.700. The minimum atomic E-state index is -0.196. The number of aliphatic hydroxyl groups excluding tert-OH is 1. The third-order valence-corrected chi connectivity index (χ3v) is 2.71. The van der Waals surface area contributed by atoms with Gasteiger partial charge in [-0.25, -0.2) is 9.97 Å². The minimum absolute atomic E-state index is 0.196. The molecule has 1 aromatic heterocycles. The molecule has 14 heavy (non-hydrogen) atoms. The highest BCUT2D eigenvalue weighted by Gasteiger charge is 2.23. The Kier molecular flexibility index (Phi) is 2.63. The van der Waals surface area contributed by atoms with Crippen LogP contribution in [-0.4, -0.2) is 21.2 Å². The highest BCUT2D eigenvalue weighted by atomic mass is 16.3. The highest BCUT2D eigenvalue weighted by molar-refractivity contribution is 5.26. The maximum absolute atomic E-state index is 9.52. The van der Waals surface area contributed by atoms with Gasteiger partial charge in [-0.2, -0.15) is 0 Å². The normalized spacial score (nSPS) is 27.5. The zero-order chi connectivity index (χ0) is 9.97. The molecule has 0 aromatic carbocycles. The Morgan fingerprint density at radius 2 is 2.29 bits per heavy atom. The van der Waals surface area contributed by atoms with Crippen molar-refractivity contribution in [2.24, 2.45) is 0 Å². The van der Waals surface area contributed by atoms with Gasteiger partial charge in [-0.15, -0.1) is 0 Å². The fourth-order valence-corrected chi connectivity index (χ4v) is 1.98. The summed E-state index contributed by atoms with van der Waals surface area (Å²) in [6.07, 6.45) is 5.25. The smallest absolute Gasteiger partial charge is 0.133 e. The summed E-state index contributed by atoms with van der Waals surface area (Å²) in [5.74, 6) is 1.57. The number of nitrogens with two attached hydrogens (primary N) is 1. The molecule has 0 unspecified atom stereocenters. The fraction of sp³-hybridized carbons (Fsp3) is 0.600. The van der Waals surface area contributed by atoms with E-state index in [0.29, 0.717) is 5.82 Å². The molecule has 1 aliphatic carbocycles. The highest BCUT2D eigenvalue weighted by Crippen LogP contribution is 2.30. The van der Waals surface area contributed by atoms with E-state index in [2.05, 4.69) is 9.97 Å². The maximum atomic E-state index is 9.52. The topological polar surface area (TPSA) is 72.0 Å². The molecule has 4 nitrogen and oxygen atoms in total. The molecule has 2 atom stereocenters. The van der Waals surface area contributed by atoms with E-state index in [4.69, 9.17) is 5.73 Å². The van der Waals surface area contributed by atoms with Crippen LogP contribution in [0.5, 0.6) is 0 Å². The predicted octanol–water partition coefficient (Wildman–Crippen LogP) is 1.08. The number of aromatic nitrogens is 2. The zero-order valence-corrected chi connectivity index (χ0v) is 8.06. The Bertz CT molecular complexity index is 316. The van der Waals surface area contributed by atoms with E-state index in [-0.39, 0.29) is 12.0 Å². The second-order valence-corrected chi connectivity index (χ2v) is 3.86. The molecule has 76 valence electrons. The van der Waals surface area contributed by atoms with E-state index >= 15 is 0 Å². The first kappa shape index (κ1) is 9.40. The zero-order valence-electron chi connectivity index (χ0n) is 8.06. The number of rotatable bonds is 1. The van der Waals surface area contributed by atoms with Crippen LogP contribution in [0.1, 0.15) is 37.4 Å². The molecule has 1 saturated carbocycles. The molecule has 0 amide bonds. The molecule has 3 N–H and O–H groups in total. The first-order valence-corrected chi connectivity index (χ1v) is 5.02. The van der Waals surface area contributed by atoms with Gasteiger partial charge in [0.15, 0.2) is 0 Å². The molecule has 1 aliphatic rings. The lowest BCUT2D eigenvalue weighted by molar-refractivity contribution is 0.118. The lowest BCUT2D eigenvalue weighted by Crippen LogP contribution is -2.19. The van der Waals surface area contributed by atoms with Gasteiger partial charge in [0.25, 0.3) is 0 Å². The van der Waals surface area contributed by atoms with Gasteiger partial charge in [-0.1, -0.05) is 6.42 Å². The number of nitrogens with zero attached hydrogens (tertiary/aromatic N) is 2. The molecular formula is C10H15N3O. The van der Waals surface area contributed by atoms with Crippen LogP contribution in [-0.2, 0) is 0 Å². The van der Waals surface area contributed by atoms with Gasteiger partial charge in [0.05, 0.1) is 6.10 Å². The van der Waals surface area contributed by atoms with E-state index < -0.39 is 0 Å². The van der Waals surface area contributed by atoms with E-state index in [1.807, 2.05) is 0 Å². The first-order valence-electron chi connectivity index (χ1n) is 5.02. The largest absolute Gasteiger partial charge is 0.393 e. The third kappa shape index (κ3) is 2.01. The van der Waals surface area contributed by atoms with Crippen LogP contribution in [0.25, 0.3) is 0 Å². The monoisotopic (exact) mass is 193 g/mol. The van der Waals surface area contributed by atoms with E-state index in [0.717, 1.165) is 31.5 Å². The van der Waals surface area contributed by atoms with Crippen molar-refractivity contribution in [1.82, 2.24) is 9.97 Å². The van der Waals surface area contributed by atoms with Crippen LogP contribution >= 0.6 is 0 Å². The molecule has 1 fully saturated rings. The van der Waals surface area contributed by atoms with Crippen LogP contribution in [0.15, 0.2) is 12.3 Å². The van der Waals surface area contributed by atoms with Crippen LogP contribution in [0.4, 0.5) is 5.82 Å². The first-order chi connectivity index (χ1) is 6.75. The molecular weight excluding hydrogens is 178 g/mol. The lowest BCUT2D eigenvalue weighted by Gasteiger charge is -2.24. The van der Waals surface area contributed by atoms with E-state index in [1.54, 1.807) is 12.3 Å². The molecule has 0 radical (unpaired) electrons. The SMILES string of the molecule is Nc1ccnc([C@H]2CCC[C@H](O)C2)n1. The average Bonchev–Trinajstić information content (AvgIpc) is 2.18. The van der Waals surface area contributed by atoms with E-state index in [1.165, 1.54) is 0 Å². The van der Waals surface area contributed by atoms with Crippen LogP contribution in [0.2, 0.25) is 0 Å². The molecule has 4 heteroatoms. The molecule has 0 aliphatic heterocycles. The summed E-state index contributed by atoms with van der Waals surface area (Å²) in [7, 11) is 0. The van der Waals surface area contributed by atoms with Crippen molar-refractivity contribution in [3.8, 4) is 0 Å². The Balaban J connectivity index is 2.14. The van der Waals surface area contributed by atoms with Crippen molar-refractivity contribution in [3.05, 3.63) is 18.1 Å². The number of hydrogen-bond donors (Lipinski definition) is 2. The maximum Gasteiger partial charge on any atom is 0.133 e. The number of aliphatic hydroxyl groups is 1. The summed E-state index contributed by atoms with van der Waals surface area (Å²) >= 11 is 0. The number of anilines is 1. The van der Waals surface area contributed by atoms with Gasteiger partial charge in [-0.05, 0) is 25.3 Å². The summed E-state index contributed by atoms with van der Waals surface area (Å²) < 4.78 is 0. The van der Waals surface area contributed by atoms with Crippen molar-refractivity contribution in [2.75, 3.05) is 5.73 Å². The standard InChI is InChI=1S/C10H15N3O/c11-9-4-5-12-10(13-9)7-2-1-3-8(14)6-7/h4-5,7-8,14H,1-3,6H2,(H2,11,12,13)/t7-,8-/m0/s1. The van der Waals surface area contributed by atoms with Gasteiger partial charge in [0, 0.05) is 12.1 Å². The fourth-order valence-electron chi connectivity index (χ4n) is 1.98. The lowest BCUT2D eigenvalue weighted by atomic mass is 9.87. The van der Waals surface area contributed by atoms with Crippen molar-refractivity contribution < 1.29 is 5.11 Å². The van der Waals surface area contributed by atoms with Crippen LogP contribution in [0, 0.1) is 0 Å². The van der Waals surface area contributed by atoms with Gasteiger partial charge < -0.3 is 10.8 Å². The molecule has 0 bridgehead atoms. The molecule has 0 saturated heterocycles. The summed E-state index contributed by atoms with van der Waals surface area (Å²) in [4.78, 5) is 8.38. The van der Waals surface area contributed by atoms with Gasteiger partial charge in [-0.3, -0.25) is 0 Å². The summed E-state index contributed by atoms with van der Waals surface area (Å²) in [5.41, 5.74) is 5.59. The third-order valence-electron chi connectivity index (χ3n) is 2.71. The van der Waals surface area contributed by atoms with Crippen molar-refractivity contribution in [1.29, 1.82) is 0 Å². The Hall–Kier alpha value is -1.16.